The molecule has 0 heterocycles. The second-order valence-electron chi connectivity index (χ2n) is 7.66. The molecule has 27 heavy (non-hydrogen) atoms. The SMILES string of the molecule is CN=C(NCc1cccc(NC(=O)C2CCC2)c1)N(C)CCOCC1CC1. The summed E-state index contributed by atoms with van der Waals surface area (Å²) in [5.41, 5.74) is 1.98. The summed E-state index contributed by atoms with van der Waals surface area (Å²) in [5, 5.41) is 6.41. The number of anilines is 1. The molecule has 0 unspecified atom stereocenters. The fourth-order valence-electron chi connectivity index (χ4n) is 3.08. The molecule has 2 fully saturated rings. The van der Waals surface area contributed by atoms with Gasteiger partial charge in [-0.3, -0.25) is 9.79 Å². The number of hydrogen-bond acceptors (Lipinski definition) is 3. The lowest BCUT2D eigenvalue weighted by Crippen LogP contribution is -2.40. The highest BCUT2D eigenvalue weighted by molar-refractivity contribution is 5.93. The van der Waals surface area contributed by atoms with Crippen LogP contribution in [0.25, 0.3) is 0 Å². The zero-order valence-electron chi connectivity index (χ0n) is 16.5. The normalized spacial score (nSPS) is 17.3. The lowest BCUT2D eigenvalue weighted by Gasteiger charge is -2.24. The van der Waals surface area contributed by atoms with Gasteiger partial charge in [-0.15, -0.1) is 0 Å². The average molecular weight is 373 g/mol. The molecule has 2 aliphatic carbocycles. The number of nitrogens with one attached hydrogen (secondary N) is 2. The van der Waals surface area contributed by atoms with Gasteiger partial charge in [0, 0.05) is 45.4 Å². The average Bonchev–Trinajstić information content (AvgIpc) is 3.42. The van der Waals surface area contributed by atoms with E-state index in [1.54, 1.807) is 7.05 Å². The Labute approximate surface area is 162 Å². The molecular weight excluding hydrogens is 340 g/mol. The van der Waals surface area contributed by atoms with E-state index >= 15 is 0 Å². The van der Waals surface area contributed by atoms with Crippen LogP contribution in [-0.4, -0.2) is 50.6 Å². The van der Waals surface area contributed by atoms with Crippen LogP contribution in [0.5, 0.6) is 0 Å². The summed E-state index contributed by atoms with van der Waals surface area (Å²) in [4.78, 5) is 18.5. The maximum atomic E-state index is 12.1. The van der Waals surface area contributed by atoms with E-state index in [-0.39, 0.29) is 11.8 Å². The van der Waals surface area contributed by atoms with Gasteiger partial charge in [-0.25, -0.2) is 0 Å². The van der Waals surface area contributed by atoms with Crippen molar-refractivity contribution in [3.05, 3.63) is 29.8 Å². The first kappa shape index (κ1) is 19.7. The Kier molecular flexibility index (Phi) is 7.10. The van der Waals surface area contributed by atoms with Crippen LogP contribution < -0.4 is 10.6 Å². The van der Waals surface area contributed by atoms with Crippen molar-refractivity contribution in [2.75, 3.05) is 39.2 Å². The third-order valence-corrected chi connectivity index (χ3v) is 5.32. The molecule has 2 N–H and O–H groups in total. The molecule has 0 aromatic heterocycles. The third-order valence-electron chi connectivity index (χ3n) is 5.32. The quantitative estimate of drug-likeness (QED) is 0.397. The van der Waals surface area contributed by atoms with Crippen LogP contribution in [0.4, 0.5) is 5.69 Å². The molecule has 1 amide bonds. The minimum Gasteiger partial charge on any atom is -0.379 e. The van der Waals surface area contributed by atoms with Crippen molar-refractivity contribution in [1.82, 2.24) is 10.2 Å². The lowest BCUT2D eigenvalue weighted by molar-refractivity contribution is -0.122. The first-order chi connectivity index (χ1) is 13.2. The number of nitrogens with zero attached hydrogens (tertiary/aromatic N) is 2. The Hall–Kier alpha value is -2.08. The zero-order valence-corrected chi connectivity index (χ0v) is 16.5. The summed E-state index contributed by atoms with van der Waals surface area (Å²) < 4.78 is 5.71. The van der Waals surface area contributed by atoms with Gasteiger partial charge in [0.15, 0.2) is 5.96 Å². The van der Waals surface area contributed by atoms with Crippen LogP contribution in [0.15, 0.2) is 29.3 Å². The van der Waals surface area contributed by atoms with E-state index in [9.17, 15) is 4.79 Å². The van der Waals surface area contributed by atoms with E-state index in [1.165, 1.54) is 19.3 Å². The Bertz CT molecular complexity index is 653. The lowest BCUT2D eigenvalue weighted by atomic mass is 9.85. The molecule has 0 atom stereocenters. The Morgan fingerprint density at radius 2 is 2.11 bits per heavy atom. The van der Waals surface area contributed by atoms with E-state index < -0.39 is 0 Å². The van der Waals surface area contributed by atoms with Gasteiger partial charge in [0.1, 0.15) is 0 Å². The minimum absolute atomic E-state index is 0.146. The second kappa shape index (κ2) is 9.74. The van der Waals surface area contributed by atoms with Crippen molar-refractivity contribution >= 4 is 17.6 Å². The molecule has 0 radical (unpaired) electrons. The molecule has 1 aromatic carbocycles. The second-order valence-corrected chi connectivity index (χ2v) is 7.66. The van der Waals surface area contributed by atoms with Crippen LogP contribution >= 0.6 is 0 Å². The van der Waals surface area contributed by atoms with Gasteiger partial charge in [0.25, 0.3) is 0 Å². The molecule has 6 heteroatoms. The van der Waals surface area contributed by atoms with Gasteiger partial charge in [-0.05, 0) is 49.3 Å². The van der Waals surface area contributed by atoms with Gasteiger partial charge in [-0.2, -0.15) is 0 Å². The number of rotatable bonds is 9. The number of carbonyl (C=O) groups is 1. The highest BCUT2D eigenvalue weighted by atomic mass is 16.5. The molecule has 0 aliphatic heterocycles. The van der Waals surface area contributed by atoms with Crippen LogP contribution in [0, 0.1) is 11.8 Å². The van der Waals surface area contributed by atoms with Crippen molar-refractivity contribution in [1.29, 1.82) is 0 Å². The van der Waals surface area contributed by atoms with E-state index in [4.69, 9.17) is 4.74 Å². The van der Waals surface area contributed by atoms with Crippen LogP contribution in [0.1, 0.15) is 37.7 Å². The molecule has 2 saturated carbocycles. The fraction of sp³-hybridized carbons (Fsp3) is 0.619. The van der Waals surface area contributed by atoms with E-state index in [1.807, 2.05) is 25.2 Å². The third kappa shape index (κ3) is 6.24. The molecule has 1 aromatic rings. The number of amides is 1. The largest absolute Gasteiger partial charge is 0.379 e. The molecule has 0 bridgehead atoms. The van der Waals surface area contributed by atoms with E-state index in [0.717, 1.165) is 55.7 Å². The Morgan fingerprint density at radius 3 is 2.78 bits per heavy atom. The molecule has 2 aliphatic rings. The maximum absolute atomic E-state index is 12.1. The van der Waals surface area contributed by atoms with Gasteiger partial charge in [0.05, 0.1) is 6.61 Å². The standard InChI is InChI=1S/C21H32N4O2/c1-22-21(25(2)11-12-27-15-16-9-10-16)23-14-17-5-3-8-19(13-17)24-20(26)18-6-4-7-18/h3,5,8,13,16,18H,4,6-7,9-12,14-15H2,1-2H3,(H,22,23)(H,24,26). The van der Waals surface area contributed by atoms with Gasteiger partial charge in [0.2, 0.25) is 5.91 Å². The van der Waals surface area contributed by atoms with Crippen molar-refractivity contribution < 1.29 is 9.53 Å². The predicted octanol–water partition coefficient (Wildman–Crippen LogP) is 2.86. The molecule has 148 valence electrons. The van der Waals surface area contributed by atoms with Gasteiger partial charge < -0.3 is 20.3 Å². The number of likely N-dealkylation sites (N-methyl/N-ethyl adjacent to an activating group) is 1. The van der Waals surface area contributed by atoms with Crippen molar-refractivity contribution in [2.24, 2.45) is 16.8 Å². The van der Waals surface area contributed by atoms with Crippen molar-refractivity contribution in [3.8, 4) is 0 Å². The summed E-state index contributed by atoms with van der Waals surface area (Å²) in [5.74, 6) is 1.98. The van der Waals surface area contributed by atoms with E-state index in [0.29, 0.717) is 6.54 Å². The zero-order chi connectivity index (χ0) is 19.1. The Balaban J connectivity index is 1.42. The van der Waals surface area contributed by atoms with E-state index in [2.05, 4.69) is 26.6 Å². The molecule has 0 saturated heterocycles. The maximum Gasteiger partial charge on any atom is 0.227 e. The number of benzene rings is 1. The highest BCUT2D eigenvalue weighted by Gasteiger charge is 2.25. The first-order valence-corrected chi connectivity index (χ1v) is 10.0. The molecule has 3 rings (SSSR count). The first-order valence-electron chi connectivity index (χ1n) is 10.0. The summed E-state index contributed by atoms with van der Waals surface area (Å²) in [6, 6.07) is 8.00. The van der Waals surface area contributed by atoms with Crippen molar-refractivity contribution in [3.63, 3.8) is 0 Å². The highest BCUT2D eigenvalue weighted by Crippen LogP contribution is 2.29. The number of guanidine groups is 1. The molecular formula is C21H32N4O2. The summed E-state index contributed by atoms with van der Waals surface area (Å²) in [6.07, 6.45) is 5.83. The summed E-state index contributed by atoms with van der Waals surface area (Å²) in [6.45, 7) is 3.08. The molecule has 6 nitrogen and oxygen atoms in total. The van der Waals surface area contributed by atoms with Crippen LogP contribution in [0.2, 0.25) is 0 Å². The Morgan fingerprint density at radius 1 is 1.30 bits per heavy atom. The minimum atomic E-state index is 0.146. The monoisotopic (exact) mass is 372 g/mol. The molecule has 0 spiro atoms. The number of carbonyl (C=O) groups excluding carboxylic acids is 1. The number of hydrogen-bond donors (Lipinski definition) is 2. The van der Waals surface area contributed by atoms with Gasteiger partial charge in [-0.1, -0.05) is 18.6 Å². The van der Waals surface area contributed by atoms with Crippen molar-refractivity contribution in [2.45, 2.75) is 38.6 Å². The smallest absolute Gasteiger partial charge is 0.227 e. The summed E-state index contributed by atoms with van der Waals surface area (Å²) >= 11 is 0. The van der Waals surface area contributed by atoms with Crippen LogP contribution in [0.3, 0.4) is 0 Å². The topological polar surface area (TPSA) is 66.0 Å². The van der Waals surface area contributed by atoms with Crippen LogP contribution in [-0.2, 0) is 16.1 Å². The number of aliphatic imine (C=N–C) groups is 1. The number of ether oxygens (including phenoxy) is 1. The predicted molar refractivity (Wildman–Crippen MR) is 109 cm³/mol. The van der Waals surface area contributed by atoms with Gasteiger partial charge >= 0.3 is 0 Å². The summed E-state index contributed by atoms with van der Waals surface area (Å²) in [7, 11) is 3.81. The fourth-order valence-corrected chi connectivity index (χ4v) is 3.08.